The largest absolute Gasteiger partial charge is 0.495 e. The molecule has 0 aliphatic heterocycles. The molecule has 0 saturated heterocycles. The van der Waals surface area contributed by atoms with Gasteiger partial charge in [-0.25, -0.2) is 4.79 Å². The molecular formula is C10H9ClO3S. The predicted octanol–water partition coefficient (Wildman–Crippen LogP) is 3.04. The van der Waals surface area contributed by atoms with Crippen molar-refractivity contribution in [3.63, 3.8) is 0 Å². The molecule has 0 amide bonds. The molecule has 0 atom stereocenters. The summed E-state index contributed by atoms with van der Waals surface area (Å²) >= 11 is 7.17. The highest BCUT2D eigenvalue weighted by Crippen LogP contribution is 2.29. The van der Waals surface area contributed by atoms with Crippen LogP contribution in [0.3, 0.4) is 0 Å². The average molecular weight is 245 g/mol. The van der Waals surface area contributed by atoms with Crippen molar-refractivity contribution in [3.05, 3.63) is 34.7 Å². The Bertz CT molecular complexity index is 390. The van der Waals surface area contributed by atoms with E-state index in [0.717, 1.165) is 11.0 Å². The number of rotatable bonds is 4. The summed E-state index contributed by atoms with van der Waals surface area (Å²) in [7, 11) is 1.54. The van der Waals surface area contributed by atoms with Gasteiger partial charge in [-0.1, -0.05) is 23.4 Å². The molecule has 5 heteroatoms. The van der Waals surface area contributed by atoms with E-state index in [1.807, 2.05) is 6.07 Å². The maximum atomic E-state index is 10.2. The number of carbonyl (C=O) groups is 1. The van der Waals surface area contributed by atoms with E-state index in [9.17, 15) is 4.79 Å². The van der Waals surface area contributed by atoms with Crippen molar-refractivity contribution < 1.29 is 14.6 Å². The van der Waals surface area contributed by atoms with Gasteiger partial charge in [0.05, 0.1) is 12.1 Å². The fourth-order valence-corrected chi connectivity index (χ4v) is 1.89. The summed E-state index contributed by atoms with van der Waals surface area (Å²) in [5.74, 6) is -0.370. The van der Waals surface area contributed by atoms with Gasteiger partial charge in [-0.2, -0.15) is 0 Å². The Morgan fingerprint density at radius 1 is 1.60 bits per heavy atom. The lowest BCUT2D eigenvalue weighted by atomic mass is 10.3. The SMILES string of the molecule is COc1ccc(S/C=C/C(=O)O)cc1Cl. The lowest BCUT2D eigenvalue weighted by Gasteiger charge is -2.03. The molecule has 0 saturated carbocycles. The van der Waals surface area contributed by atoms with Crippen molar-refractivity contribution in [2.24, 2.45) is 0 Å². The fraction of sp³-hybridized carbons (Fsp3) is 0.100. The van der Waals surface area contributed by atoms with Gasteiger partial charge in [0.25, 0.3) is 0 Å². The first-order valence-electron chi connectivity index (χ1n) is 4.03. The molecular weight excluding hydrogens is 236 g/mol. The van der Waals surface area contributed by atoms with Gasteiger partial charge in [0.15, 0.2) is 0 Å². The van der Waals surface area contributed by atoms with Gasteiger partial charge >= 0.3 is 5.97 Å². The van der Waals surface area contributed by atoms with Crippen molar-refractivity contribution in [3.8, 4) is 5.75 Å². The number of hydrogen-bond acceptors (Lipinski definition) is 3. The molecule has 3 nitrogen and oxygen atoms in total. The molecule has 0 radical (unpaired) electrons. The van der Waals surface area contributed by atoms with Crippen molar-refractivity contribution in [2.45, 2.75) is 4.90 Å². The van der Waals surface area contributed by atoms with Crippen LogP contribution >= 0.6 is 23.4 Å². The zero-order chi connectivity index (χ0) is 11.3. The van der Waals surface area contributed by atoms with Gasteiger partial charge in [0, 0.05) is 11.0 Å². The van der Waals surface area contributed by atoms with Gasteiger partial charge in [-0.3, -0.25) is 0 Å². The van der Waals surface area contributed by atoms with E-state index >= 15 is 0 Å². The molecule has 0 aliphatic rings. The lowest BCUT2D eigenvalue weighted by Crippen LogP contribution is -1.85. The smallest absolute Gasteiger partial charge is 0.328 e. The second kappa shape index (κ2) is 5.68. The number of halogens is 1. The third kappa shape index (κ3) is 3.85. The third-order valence-electron chi connectivity index (χ3n) is 1.54. The Morgan fingerprint density at radius 2 is 2.33 bits per heavy atom. The lowest BCUT2D eigenvalue weighted by molar-refractivity contribution is -0.131. The molecule has 0 aromatic heterocycles. The topological polar surface area (TPSA) is 46.5 Å². The fourth-order valence-electron chi connectivity index (χ4n) is 0.891. The second-order valence-electron chi connectivity index (χ2n) is 2.56. The number of carboxylic acid groups (broad SMARTS) is 1. The standard InChI is InChI=1S/C10H9ClO3S/c1-14-9-3-2-7(6-8(9)11)15-5-4-10(12)13/h2-6H,1H3,(H,12,13)/b5-4+. The van der Waals surface area contributed by atoms with Crippen LogP contribution in [0.5, 0.6) is 5.75 Å². The summed E-state index contributed by atoms with van der Waals surface area (Å²) in [6, 6.07) is 5.26. The third-order valence-corrected chi connectivity index (χ3v) is 2.63. The molecule has 0 fully saturated rings. The molecule has 15 heavy (non-hydrogen) atoms. The molecule has 0 bridgehead atoms. The Hall–Kier alpha value is -1.13. The molecule has 1 rings (SSSR count). The summed E-state index contributed by atoms with van der Waals surface area (Å²) in [6.45, 7) is 0. The molecule has 0 unspecified atom stereocenters. The molecule has 0 spiro atoms. The first-order chi connectivity index (χ1) is 7.13. The normalized spacial score (nSPS) is 10.5. The average Bonchev–Trinajstić information content (AvgIpc) is 2.17. The van der Waals surface area contributed by atoms with Crippen LogP contribution in [0, 0.1) is 0 Å². The molecule has 0 heterocycles. The van der Waals surface area contributed by atoms with Gasteiger partial charge in [0.1, 0.15) is 5.75 Å². The minimum absolute atomic E-state index is 0.506. The van der Waals surface area contributed by atoms with Crippen LogP contribution in [-0.4, -0.2) is 18.2 Å². The van der Waals surface area contributed by atoms with Crippen LogP contribution in [0.2, 0.25) is 5.02 Å². The number of methoxy groups -OCH3 is 1. The van der Waals surface area contributed by atoms with Crippen molar-refractivity contribution >= 4 is 29.3 Å². The van der Waals surface area contributed by atoms with Crippen molar-refractivity contribution in [1.29, 1.82) is 0 Å². The van der Waals surface area contributed by atoms with Crippen LogP contribution in [0.4, 0.5) is 0 Å². The van der Waals surface area contributed by atoms with Gasteiger partial charge in [-0.05, 0) is 23.6 Å². The number of carboxylic acids is 1. The molecule has 1 aromatic rings. The van der Waals surface area contributed by atoms with Gasteiger partial charge < -0.3 is 9.84 Å². The molecule has 1 N–H and O–H groups in total. The maximum absolute atomic E-state index is 10.2. The summed E-state index contributed by atoms with van der Waals surface area (Å²) in [5.41, 5.74) is 0. The summed E-state index contributed by atoms with van der Waals surface area (Å²) in [6.07, 6.45) is 1.07. The number of thioether (sulfide) groups is 1. The Kier molecular flexibility index (Phi) is 4.52. The number of benzene rings is 1. The van der Waals surface area contributed by atoms with Crippen molar-refractivity contribution in [2.75, 3.05) is 7.11 Å². The van der Waals surface area contributed by atoms with E-state index in [2.05, 4.69) is 0 Å². The first kappa shape index (κ1) is 11.9. The zero-order valence-electron chi connectivity index (χ0n) is 7.94. The molecule has 0 aliphatic carbocycles. The van der Waals surface area contributed by atoms with E-state index in [0.29, 0.717) is 10.8 Å². The monoisotopic (exact) mass is 244 g/mol. The number of ether oxygens (including phenoxy) is 1. The number of aliphatic carboxylic acids is 1. The van der Waals surface area contributed by atoms with Crippen LogP contribution in [0.25, 0.3) is 0 Å². The Labute approximate surface area is 96.7 Å². The van der Waals surface area contributed by atoms with Gasteiger partial charge in [-0.15, -0.1) is 0 Å². The van der Waals surface area contributed by atoms with E-state index in [1.165, 1.54) is 17.2 Å². The highest BCUT2D eigenvalue weighted by atomic mass is 35.5. The molecule has 80 valence electrons. The maximum Gasteiger partial charge on any atom is 0.328 e. The van der Waals surface area contributed by atoms with Crippen LogP contribution < -0.4 is 4.74 Å². The van der Waals surface area contributed by atoms with Crippen LogP contribution in [-0.2, 0) is 4.79 Å². The summed E-state index contributed by atoms with van der Waals surface area (Å²) < 4.78 is 4.99. The van der Waals surface area contributed by atoms with E-state index in [1.54, 1.807) is 19.2 Å². The van der Waals surface area contributed by atoms with Crippen molar-refractivity contribution in [1.82, 2.24) is 0 Å². The zero-order valence-corrected chi connectivity index (χ0v) is 9.51. The first-order valence-corrected chi connectivity index (χ1v) is 5.29. The number of hydrogen-bond donors (Lipinski definition) is 1. The highest BCUT2D eigenvalue weighted by Gasteiger charge is 2.00. The Balaban J connectivity index is 2.71. The minimum Gasteiger partial charge on any atom is -0.495 e. The molecule has 1 aromatic carbocycles. The van der Waals surface area contributed by atoms with Crippen LogP contribution in [0.15, 0.2) is 34.6 Å². The van der Waals surface area contributed by atoms with Gasteiger partial charge in [0.2, 0.25) is 0 Å². The second-order valence-corrected chi connectivity index (χ2v) is 3.94. The summed E-state index contributed by atoms with van der Waals surface area (Å²) in [4.78, 5) is 11.1. The summed E-state index contributed by atoms with van der Waals surface area (Å²) in [5, 5.41) is 10.4. The predicted molar refractivity (Wildman–Crippen MR) is 60.6 cm³/mol. The van der Waals surface area contributed by atoms with Crippen LogP contribution in [0.1, 0.15) is 0 Å². The Morgan fingerprint density at radius 3 is 2.87 bits per heavy atom. The minimum atomic E-state index is -0.970. The quantitative estimate of drug-likeness (QED) is 0.653. The highest BCUT2D eigenvalue weighted by molar-refractivity contribution is 8.02. The van der Waals surface area contributed by atoms with E-state index < -0.39 is 5.97 Å². The van der Waals surface area contributed by atoms with E-state index in [-0.39, 0.29) is 0 Å². The van der Waals surface area contributed by atoms with E-state index in [4.69, 9.17) is 21.4 Å².